The zero-order valence-electron chi connectivity index (χ0n) is 15.7. The van der Waals surface area contributed by atoms with Crippen molar-refractivity contribution < 1.29 is 82.2 Å². The molecule has 0 fully saturated rings. The third kappa shape index (κ3) is 8.64. The summed E-state index contributed by atoms with van der Waals surface area (Å²) in [5, 5.41) is 10.7. The van der Waals surface area contributed by atoms with E-state index in [0.717, 1.165) is 10.8 Å². The van der Waals surface area contributed by atoms with Gasteiger partial charge in [0.1, 0.15) is 6.61 Å². The average Bonchev–Trinajstić information content (AvgIpc) is 2.59. The quantitative estimate of drug-likeness (QED) is 0.350. The van der Waals surface area contributed by atoms with Crippen molar-refractivity contribution in [3.05, 3.63) is 39.8 Å². The van der Waals surface area contributed by atoms with E-state index in [1.54, 1.807) is 24.3 Å². The van der Waals surface area contributed by atoms with Crippen LogP contribution in [-0.2, 0) is 15.0 Å². The molecule has 0 unspecified atom stereocenters. The molecule has 1 aromatic heterocycles. The maximum atomic E-state index is 12.1. The Balaban J connectivity index is 0.00000364. The molecule has 28 heavy (non-hydrogen) atoms. The van der Waals surface area contributed by atoms with Crippen LogP contribution in [0.25, 0.3) is 15.8 Å². The summed E-state index contributed by atoms with van der Waals surface area (Å²) in [5.41, 5.74) is 0.662. The minimum Gasteiger partial charge on any atom is -0.546 e. The number of hydrogen-bond donors (Lipinski definition) is 1. The Morgan fingerprint density at radius 3 is 2.46 bits per heavy atom. The van der Waals surface area contributed by atoms with Gasteiger partial charge in [0.2, 0.25) is 16.1 Å². The van der Waals surface area contributed by atoms with E-state index in [2.05, 4.69) is 35.3 Å². The predicted octanol–water partition coefficient (Wildman–Crippen LogP) is -4.71. The van der Waals surface area contributed by atoms with Crippen LogP contribution in [0.5, 0.6) is 5.88 Å². The van der Waals surface area contributed by atoms with Gasteiger partial charge in [0, 0.05) is 22.9 Å². The minimum absolute atomic E-state index is 0. The second kappa shape index (κ2) is 13.1. The molecular formula is C15H15BrN4Na2O5S. The van der Waals surface area contributed by atoms with E-state index in [0.29, 0.717) is 12.0 Å². The van der Waals surface area contributed by atoms with E-state index in [1.165, 1.54) is 0 Å². The Kier molecular flexibility index (Phi) is 13.0. The Bertz CT molecular complexity index is 885. The molecule has 0 bridgehead atoms. The second-order valence-corrected chi connectivity index (χ2v) is 7.34. The van der Waals surface area contributed by atoms with Gasteiger partial charge in [-0.05, 0) is 29.9 Å². The van der Waals surface area contributed by atoms with Crippen LogP contribution in [0.3, 0.4) is 0 Å². The van der Waals surface area contributed by atoms with Crippen molar-refractivity contribution in [1.82, 2.24) is 14.7 Å². The van der Waals surface area contributed by atoms with Gasteiger partial charge in [0.05, 0.1) is 5.97 Å². The molecule has 0 atom stereocenters. The van der Waals surface area contributed by atoms with Gasteiger partial charge < -0.3 is 24.3 Å². The van der Waals surface area contributed by atoms with E-state index in [-0.39, 0.29) is 82.9 Å². The zero-order chi connectivity index (χ0) is 19.2. The summed E-state index contributed by atoms with van der Waals surface area (Å²) in [6, 6.07) is 6.77. The number of carbonyl (C=O) groups excluding carboxylic acids is 1. The first-order valence-electron chi connectivity index (χ1n) is 7.48. The number of hydrogen-bond acceptors (Lipinski definition) is 7. The summed E-state index contributed by atoms with van der Waals surface area (Å²) in [5.74, 6) is -1.73. The molecule has 1 heterocycles. The Morgan fingerprint density at radius 2 is 1.89 bits per heavy atom. The molecule has 1 aromatic carbocycles. The zero-order valence-corrected chi connectivity index (χ0v) is 22.1. The minimum atomic E-state index is -3.99. The number of halogens is 1. The summed E-state index contributed by atoms with van der Waals surface area (Å²) < 4.78 is 36.1. The molecular weight excluding hydrogens is 474 g/mol. The fraction of sp³-hybridized carbons (Fsp3) is 0.267. The molecule has 1 N–H and O–H groups in total. The third-order valence-corrected chi connectivity index (χ3v) is 4.50. The van der Waals surface area contributed by atoms with Crippen molar-refractivity contribution >= 4 is 37.9 Å². The number of carboxylic acid groups (broad SMARTS) is 1. The maximum absolute atomic E-state index is 12.1. The normalized spacial score (nSPS) is 10.4. The Labute approximate surface area is 216 Å². The van der Waals surface area contributed by atoms with Crippen molar-refractivity contribution in [2.24, 2.45) is 0 Å². The van der Waals surface area contributed by atoms with Gasteiger partial charge in [-0.3, -0.25) is 0 Å². The van der Waals surface area contributed by atoms with E-state index >= 15 is 0 Å². The monoisotopic (exact) mass is 488 g/mol. The van der Waals surface area contributed by atoms with Gasteiger partial charge in [-0.1, -0.05) is 35.0 Å². The number of aromatic nitrogens is 2. The average molecular weight is 489 g/mol. The van der Waals surface area contributed by atoms with Crippen LogP contribution in [0, 0.1) is 0 Å². The van der Waals surface area contributed by atoms with Crippen LogP contribution < -0.4 is 73.7 Å². The Hall–Kier alpha value is -0.240. The first-order chi connectivity index (χ1) is 12.3. The van der Waals surface area contributed by atoms with Crippen LogP contribution in [0.1, 0.15) is 13.3 Å². The summed E-state index contributed by atoms with van der Waals surface area (Å²) in [4.78, 5) is 18.5. The van der Waals surface area contributed by atoms with Gasteiger partial charge in [-0.15, -0.1) is 0 Å². The van der Waals surface area contributed by atoms with Gasteiger partial charge in [-0.25, -0.2) is 18.1 Å². The standard InChI is InChI=1S/C15H17BrN4O5S.2Na/c1-2-7-19-26(23,24)20-14-13(10-3-5-11(16)6-4-10)15(18-9-17-14)25-8-12(21)22;;/h3-6,9,19H,2,7-8H2,1H3,(H2,17,18,20,21,22);;/q;2*+1/p-2. The SMILES string of the molecule is CCCNS(=O)(=O)[N-]c1ncnc(OCC(=O)[O-])c1-c1ccc(Br)cc1.[Na+].[Na+]. The van der Waals surface area contributed by atoms with E-state index in [1.807, 2.05) is 6.92 Å². The largest absolute Gasteiger partial charge is 1.00 e. The molecule has 0 saturated carbocycles. The van der Waals surface area contributed by atoms with Crippen LogP contribution in [0.2, 0.25) is 0 Å². The van der Waals surface area contributed by atoms with E-state index in [9.17, 15) is 18.3 Å². The molecule has 0 amide bonds. The number of benzene rings is 1. The molecule has 2 aromatic rings. The smallest absolute Gasteiger partial charge is 0.546 e. The third-order valence-electron chi connectivity index (χ3n) is 2.99. The Morgan fingerprint density at radius 1 is 1.25 bits per heavy atom. The maximum Gasteiger partial charge on any atom is 1.00 e. The first kappa shape index (κ1) is 27.8. The van der Waals surface area contributed by atoms with Crippen LogP contribution in [0.4, 0.5) is 5.82 Å². The van der Waals surface area contributed by atoms with Crippen LogP contribution in [-0.4, -0.2) is 37.5 Å². The van der Waals surface area contributed by atoms with Crippen molar-refractivity contribution in [2.45, 2.75) is 13.3 Å². The van der Waals surface area contributed by atoms with Gasteiger partial charge >= 0.3 is 59.1 Å². The number of aliphatic carboxylic acids is 1. The molecule has 9 nitrogen and oxygen atoms in total. The summed E-state index contributed by atoms with van der Waals surface area (Å²) in [7, 11) is -3.99. The van der Waals surface area contributed by atoms with Crippen LogP contribution in [0.15, 0.2) is 35.1 Å². The molecule has 0 aliphatic heterocycles. The number of carboxylic acids is 1. The number of nitrogens with one attached hydrogen (secondary N) is 1. The summed E-state index contributed by atoms with van der Waals surface area (Å²) in [6.45, 7) is 1.28. The van der Waals surface area contributed by atoms with Crippen molar-refractivity contribution in [1.29, 1.82) is 0 Å². The molecule has 0 aliphatic rings. The van der Waals surface area contributed by atoms with Crippen molar-refractivity contribution in [2.75, 3.05) is 13.2 Å². The molecule has 2 rings (SSSR count). The summed E-state index contributed by atoms with van der Waals surface area (Å²) in [6.07, 6.45) is 1.64. The van der Waals surface area contributed by atoms with Gasteiger partial charge in [-0.2, -0.15) is 0 Å². The molecule has 0 aliphatic carbocycles. The van der Waals surface area contributed by atoms with Crippen molar-refractivity contribution in [3.63, 3.8) is 0 Å². The number of ether oxygens (including phenoxy) is 1. The predicted molar refractivity (Wildman–Crippen MR) is 95.9 cm³/mol. The first-order valence-corrected chi connectivity index (χ1v) is 9.72. The molecule has 0 radical (unpaired) electrons. The number of nitrogens with zero attached hydrogens (tertiary/aromatic N) is 3. The number of rotatable bonds is 9. The summed E-state index contributed by atoms with van der Waals surface area (Å²) >= 11 is 3.30. The molecule has 13 heteroatoms. The second-order valence-electron chi connectivity index (χ2n) is 5.01. The van der Waals surface area contributed by atoms with Crippen LogP contribution >= 0.6 is 15.9 Å². The molecule has 0 saturated heterocycles. The topological polar surface area (TPSA) is 135 Å². The fourth-order valence-electron chi connectivity index (χ4n) is 1.91. The van der Waals surface area contributed by atoms with E-state index < -0.39 is 22.8 Å². The molecule has 0 spiro atoms. The van der Waals surface area contributed by atoms with E-state index in [4.69, 9.17) is 4.74 Å². The number of carbonyl (C=O) groups is 1. The van der Waals surface area contributed by atoms with Gasteiger partial charge in [0.25, 0.3) is 0 Å². The van der Waals surface area contributed by atoms with Gasteiger partial charge in [0.15, 0.2) is 0 Å². The fourth-order valence-corrected chi connectivity index (χ4v) is 3.07. The molecule has 140 valence electrons. The van der Waals surface area contributed by atoms with Crippen molar-refractivity contribution in [3.8, 4) is 17.0 Å².